The van der Waals surface area contributed by atoms with E-state index in [1.165, 1.54) is 19.1 Å². The second-order valence-corrected chi connectivity index (χ2v) is 5.55. The number of aliphatic hydroxyl groups is 1. The second-order valence-electron chi connectivity index (χ2n) is 3.90. The summed E-state index contributed by atoms with van der Waals surface area (Å²) in [5.41, 5.74) is 0.240. The molecule has 0 saturated heterocycles. The molecule has 0 amide bonds. The molecule has 0 aliphatic heterocycles. The average molecular weight is 285 g/mol. The molecule has 0 unspecified atom stereocenters. The number of rotatable bonds is 4. The van der Waals surface area contributed by atoms with Crippen molar-refractivity contribution in [1.29, 1.82) is 0 Å². The summed E-state index contributed by atoms with van der Waals surface area (Å²) in [6.45, 7) is 1.07. The van der Waals surface area contributed by atoms with E-state index in [1.54, 1.807) is 0 Å². The van der Waals surface area contributed by atoms with Crippen molar-refractivity contribution in [2.75, 3.05) is 4.72 Å². The van der Waals surface area contributed by atoms with Crippen LogP contribution in [0.5, 0.6) is 0 Å². The maximum Gasteiger partial charge on any atom is 0.265 e. The molecule has 0 fully saturated rings. The van der Waals surface area contributed by atoms with Crippen molar-refractivity contribution in [3.05, 3.63) is 41.5 Å². The zero-order valence-corrected chi connectivity index (χ0v) is 10.8. The first-order chi connectivity index (χ1) is 8.95. The third kappa shape index (κ3) is 2.59. The number of hydrogen-bond acceptors (Lipinski definition) is 4. The van der Waals surface area contributed by atoms with Crippen LogP contribution < -0.4 is 4.72 Å². The van der Waals surface area contributed by atoms with E-state index in [0.717, 1.165) is 12.3 Å². The molecular formula is C11H12FN3O3S. The molecule has 2 aromatic rings. The molecule has 1 heterocycles. The number of sulfonamides is 1. The number of aromatic nitrogens is 2. The highest BCUT2D eigenvalue weighted by Gasteiger charge is 2.21. The Labute approximate surface area is 109 Å². The van der Waals surface area contributed by atoms with Crippen LogP contribution in [-0.2, 0) is 16.6 Å². The Kier molecular flexibility index (Phi) is 3.54. The topological polar surface area (TPSA) is 95.1 Å². The van der Waals surface area contributed by atoms with Gasteiger partial charge in [-0.25, -0.2) is 12.8 Å². The van der Waals surface area contributed by atoms with Crippen LogP contribution in [0, 0.1) is 12.7 Å². The SMILES string of the molecule is Cc1[nH]ncc1S(=O)(=O)Nc1c(F)cccc1CO. The van der Waals surface area contributed by atoms with Gasteiger partial charge < -0.3 is 5.11 Å². The van der Waals surface area contributed by atoms with Gasteiger partial charge in [-0.3, -0.25) is 9.82 Å². The zero-order valence-electron chi connectivity index (χ0n) is 10.0. The van der Waals surface area contributed by atoms with E-state index in [1.807, 2.05) is 0 Å². The summed E-state index contributed by atoms with van der Waals surface area (Å²) < 4.78 is 39.9. The second kappa shape index (κ2) is 4.98. The number of hydrogen-bond donors (Lipinski definition) is 3. The van der Waals surface area contributed by atoms with Gasteiger partial charge >= 0.3 is 0 Å². The third-order valence-electron chi connectivity index (χ3n) is 2.58. The Morgan fingerprint density at radius 3 is 2.79 bits per heavy atom. The maximum atomic E-state index is 13.6. The van der Waals surface area contributed by atoms with Gasteiger partial charge in [0.1, 0.15) is 10.7 Å². The van der Waals surface area contributed by atoms with E-state index in [-0.39, 0.29) is 16.1 Å². The van der Waals surface area contributed by atoms with Crippen molar-refractivity contribution in [2.24, 2.45) is 0 Å². The molecule has 0 atom stereocenters. The molecule has 8 heteroatoms. The maximum absolute atomic E-state index is 13.6. The first-order valence-electron chi connectivity index (χ1n) is 5.36. The van der Waals surface area contributed by atoms with Crippen LogP contribution in [0.3, 0.4) is 0 Å². The minimum atomic E-state index is -3.95. The van der Waals surface area contributed by atoms with Gasteiger partial charge in [0.15, 0.2) is 0 Å². The van der Waals surface area contributed by atoms with Crippen molar-refractivity contribution < 1.29 is 17.9 Å². The molecule has 0 aliphatic rings. The van der Waals surface area contributed by atoms with Crippen molar-refractivity contribution in [1.82, 2.24) is 10.2 Å². The van der Waals surface area contributed by atoms with Crippen LogP contribution in [0.25, 0.3) is 0 Å². The Balaban J connectivity index is 2.45. The fraction of sp³-hybridized carbons (Fsp3) is 0.182. The van der Waals surface area contributed by atoms with Crippen molar-refractivity contribution >= 4 is 15.7 Å². The minimum absolute atomic E-state index is 0.0698. The number of aryl methyl sites for hydroxylation is 1. The van der Waals surface area contributed by atoms with Crippen molar-refractivity contribution in [3.8, 4) is 0 Å². The number of anilines is 1. The van der Waals surface area contributed by atoms with Crippen molar-refractivity contribution in [2.45, 2.75) is 18.4 Å². The Morgan fingerprint density at radius 2 is 2.21 bits per heavy atom. The van der Waals surface area contributed by atoms with E-state index in [9.17, 15) is 12.8 Å². The third-order valence-corrected chi connectivity index (χ3v) is 4.04. The number of para-hydroxylation sites is 1. The standard InChI is InChI=1S/C11H12FN3O3S/c1-7-10(5-13-14-7)19(17,18)15-11-8(6-16)3-2-4-9(11)12/h2-5,15-16H,6H2,1H3,(H,13,14). The molecule has 0 aliphatic carbocycles. The predicted molar refractivity (Wildman–Crippen MR) is 66.5 cm³/mol. The number of nitrogens with zero attached hydrogens (tertiary/aromatic N) is 1. The molecule has 0 saturated carbocycles. The molecule has 0 radical (unpaired) electrons. The van der Waals surface area contributed by atoms with Gasteiger partial charge in [-0.2, -0.15) is 5.10 Å². The Bertz CT molecular complexity index is 697. The van der Waals surface area contributed by atoms with Crippen LogP contribution in [0.15, 0.2) is 29.3 Å². The molecule has 1 aromatic carbocycles. The van der Waals surface area contributed by atoms with Crippen LogP contribution in [0.4, 0.5) is 10.1 Å². The molecule has 102 valence electrons. The molecule has 0 bridgehead atoms. The monoisotopic (exact) mass is 285 g/mol. The van der Waals surface area contributed by atoms with E-state index in [4.69, 9.17) is 5.11 Å². The average Bonchev–Trinajstić information content (AvgIpc) is 2.79. The molecule has 3 N–H and O–H groups in total. The highest BCUT2D eigenvalue weighted by Crippen LogP contribution is 2.24. The summed E-state index contributed by atoms with van der Waals surface area (Å²) in [5, 5.41) is 15.2. The lowest BCUT2D eigenvalue weighted by atomic mass is 10.2. The van der Waals surface area contributed by atoms with Crippen LogP contribution in [0.2, 0.25) is 0 Å². The highest BCUT2D eigenvalue weighted by atomic mass is 32.2. The Morgan fingerprint density at radius 1 is 1.47 bits per heavy atom. The number of benzene rings is 1. The lowest BCUT2D eigenvalue weighted by Crippen LogP contribution is -2.16. The van der Waals surface area contributed by atoms with Gasteiger partial charge in [-0.15, -0.1) is 0 Å². The molecule has 1 aromatic heterocycles. The van der Waals surface area contributed by atoms with Gasteiger partial charge in [0.05, 0.1) is 24.2 Å². The van der Waals surface area contributed by atoms with Crippen LogP contribution in [0.1, 0.15) is 11.3 Å². The smallest absolute Gasteiger partial charge is 0.265 e. The van der Waals surface area contributed by atoms with Crippen LogP contribution in [-0.4, -0.2) is 23.7 Å². The largest absolute Gasteiger partial charge is 0.392 e. The normalized spacial score (nSPS) is 11.5. The van der Waals surface area contributed by atoms with E-state index >= 15 is 0 Å². The van der Waals surface area contributed by atoms with Crippen LogP contribution >= 0.6 is 0 Å². The van der Waals surface area contributed by atoms with Gasteiger partial charge in [0.25, 0.3) is 10.0 Å². The first kappa shape index (κ1) is 13.5. The van der Waals surface area contributed by atoms with Crippen molar-refractivity contribution in [3.63, 3.8) is 0 Å². The quantitative estimate of drug-likeness (QED) is 0.785. The first-order valence-corrected chi connectivity index (χ1v) is 6.85. The van der Waals surface area contributed by atoms with Gasteiger partial charge in [0.2, 0.25) is 0 Å². The molecule has 6 nitrogen and oxygen atoms in total. The molecule has 2 rings (SSSR count). The fourth-order valence-corrected chi connectivity index (χ4v) is 2.86. The van der Waals surface area contributed by atoms with E-state index in [0.29, 0.717) is 5.69 Å². The summed E-state index contributed by atoms with van der Waals surface area (Å²) in [6, 6.07) is 3.93. The van der Waals surface area contributed by atoms with Gasteiger partial charge in [-0.1, -0.05) is 12.1 Å². The number of aliphatic hydroxyl groups excluding tert-OH is 1. The summed E-state index contributed by atoms with van der Waals surface area (Å²) in [7, 11) is -3.95. The van der Waals surface area contributed by atoms with Gasteiger partial charge in [-0.05, 0) is 13.0 Å². The highest BCUT2D eigenvalue weighted by molar-refractivity contribution is 7.92. The van der Waals surface area contributed by atoms with E-state index in [2.05, 4.69) is 14.9 Å². The lowest BCUT2D eigenvalue weighted by molar-refractivity contribution is 0.282. The Hall–Kier alpha value is -1.93. The summed E-state index contributed by atoms with van der Waals surface area (Å²) in [6.07, 6.45) is 1.14. The lowest BCUT2D eigenvalue weighted by Gasteiger charge is -2.11. The predicted octanol–water partition coefficient (Wildman–Crippen LogP) is 1.15. The molecular weight excluding hydrogens is 273 g/mol. The fourth-order valence-electron chi connectivity index (χ4n) is 1.61. The number of aromatic amines is 1. The summed E-state index contributed by atoms with van der Waals surface area (Å²) in [5.74, 6) is -0.753. The molecule has 19 heavy (non-hydrogen) atoms. The van der Waals surface area contributed by atoms with Gasteiger partial charge in [0, 0.05) is 5.56 Å². The number of H-pyrrole nitrogens is 1. The minimum Gasteiger partial charge on any atom is -0.392 e. The summed E-state index contributed by atoms with van der Waals surface area (Å²) >= 11 is 0. The number of halogens is 1. The molecule has 0 spiro atoms. The van der Waals surface area contributed by atoms with E-state index < -0.39 is 22.4 Å². The summed E-state index contributed by atoms with van der Waals surface area (Å²) in [4.78, 5) is -0.0698. The zero-order chi connectivity index (χ0) is 14.0. The number of nitrogens with one attached hydrogen (secondary N) is 2.